The largest absolute Gasteiger partial charge is 0.389 e. The number of halogens is 1. The van der Waals surface area contributed by atoms with Crippen LogP contribution in [-0.4, -0.2) is 24.7 Å². The Morgan fingerprint density at radius 3 is 2.89 bits per heavy atom. The average molecular weight is 299 g/mol. The molecule has 0 spiro atoms. The minimum Gasteiger partial charge on any atom is -0.389 e. The first kappa shape index (κ1) is 14.6. The molecular formula is C14H19ClN2OS. The highest BCUT2D eigenvalue weighted by Crippen LogP contribution is 2.28. The Morgan fingerprint density at radius 2 is 2.26 bits per heavy atom. The van der Waals surface area contributed by atoms with Crippen LogP contribution in [0.3, 0.4) is 0 Å². The van der Waals surface area contributed by atoms with Crippen LogP contribution in [-0.2, 0) is 4.74 Å². The normalized spacial score (nSPS) is 14.4. The van der Waals surface area contributed by atoms with E-state index in [0.29, 0.717) is 10.0 Å². The molecule has 0 saturated heterocycles. The van der Waals surface area contributed by atoms with Crippen LogP contribution in [0.2, 0.25) is 5.02 Å². The Balaban J connectivity index is 1.67. The van der Waals surface area contributed by atoms with Gasteiger partial charge in [-0.3, -0.25) is 0 Å². The van der Waals surface area contributed by atoms with E-state index in [1.165, 1.54) is 12.8 Å². The Bertz CT molecular complexity index is 449. The van der Waals surface area contributed by atoms with E-state index in [0.717, 1.165) is 43.3 Å². The molecule has 0 radical (unpaired) electrons. The molecule has 3 N–H and O–H groups in total. The van der Waals surface area contributed by atoms with Crippen molar-refractivity contribution in [2.24, 2.45) is 11.7 Å². The highest BCUT2D eigenvalue weighted by atomic mass is 35.5. The summed E-state index contributed by atoms with van der Waals surface area (Å²) in [4.78, 5) is 0.324. The van der Waals surface area contributed by atoms with Gasteiger partial charge in [-0.15, -0.1) is 0 Å². The summed E-state index contributed by atoms with van der Waals surface area (Å²) in [5.74, 6) is 0.833. The predicted molar refractivity (Wildman–Crippen MR) is 84.0 cm³/mol. The van der Waals surface area contributed by atoms with Crippen molar-refractivity contribution in [2.75, 3.05) is 25.1 Å². The van der Waals surface area contributed by atoms with Gasteiger partial charge in [0.05, 0.1) is 5.02 Å². The molecule has 0 aliphatic heterocycles. The number of rotatable bonds is 8. The third-order valence-electron chi connectivity index (χ3n) is 3.08. The Kier molecular flexibility index (Phi) is 5.43. The van der Waals surface area contributed by atoms with E-state index in [9.17, 15) is 0 Å². The van der Waals surface area contributed by atoms with E-state index in [2.05, 4.69) is 5.32 Å². The predicted octanol–water partition coefficient (Wildman–Crippen LogP) is 3.20. The Morgan fingerprint density at radius 1 is 1.47 bits per heavy atom. The topological polar surface area (TPSA) is 47.3 Å². The quantitative estimate of drug-likeness (QED) is 0.571. The molecule has 1 aliphatic rings. The van der Waals surface area contributed by atoms with Crippen LogP contribution < -0.4 is 11.1 Å². The first-order chi connectivity index (χ1) is 9.16. The molecule has 2 rings (SSSR count). The van der Waals surface area contributed by atoms with Gasteiger partial charge in [-0.1, -0.05) is 23.8 Å². The first-order valence-electron chi connectivity index (χ1n) is 6.58. The first-order valence-corrected chi connectivity index (χ1v) is 7.36. The second kappa shape index (κ2) is 7.08. The molecule has 0 aromatic heterocycles. The number of hydrogen-bond donors (Lipinski definition) is 2. The third kappa shape index (κ3) is 4.97. The van der Waals surface area contributed by atoms with Crippen molar-refractivity contribution in [1.82, 2.24) is 0 Å². The van der Waals surface area contributed by atoms with Crippen LogP contribution in [0.5, 0.6) is 0 Å². The molecule has 1 aromatic rings. The van der Waals surface area contributed by atoms with Crippen LogP contribution in [0, 0.1) is 5.92 Å². The SMILES string of the molecule is NC(=S)c1ccc(NCCCOCC2CC2)cc1Cl. The lowest BCUT2D eigenvalue weighted by Gasteiger charge is -2.09. The van der Waals surface area contributed by atoms with E-state index in [1.54, 1.807) is 0 Å². The summed E-state index contributed by atoms with van der Waals surface area (Å²) in [6.45, 7) is 2.60. The fraction of sp³-hybridized carbons (Fsp3) is 0.500. The molecule has 1 aromatic carbocycles. The lowest BCUT2D eigenvalue weighted by atomic mass is 10.2. The minimum absolute atomic E-state index is 0.324. The fourth-order valence-electron chi connectivity index (χ4n) is 1.77. The maximum atomic E-state index is 6.10. The van der Waals surface area contributed by atoms with Crippen LogP contribution in [0.25, 0.3) is 0 Å². The van der Waals surface area contributed by atoms with E-state index < -0.39 is 0 Å². The summed E-state index contributed by atoms with van der Waals surface area (Å²) in [6.07, 6.45) is 3.67. The molecule has 19 heavy (non-hydrogen) atoms. The number of thiocarbonyl (C=S) groups is 1. The summed E-state index contributed by atoms with van der Waals surface area (Å²) in [5, 5.41) is 3.89. The summed E-state index contributed by atoms with van der Waals surface area (Å²) in [7, 11) is 0. The summed E-state index contributed by atoms with van der Waals surface area (Å²) in [6, 6.07) is 5.63. The van der Waals surface area contributed by atoms with Gasteiger partial charge in [0, 0.05) is 31.0 Å². The molecule has 1 fully saturated rings. The third-order valence-corrected chi connectivity index (χ3v) is 3.61. The lowest BCUT2D eigenvalue weighted by molar-refractivity contribution is 0.124. The van der Waals surface area contributed by atoms with Crippen molar-refractivity contribution >= 4 is 34.5 Å². The van der Waals surface area contributed by atoms with Crippen molar-refractivity contribution in [3.05, 3.63) is 28.8 Å². The molecule has 0 bridgehead atoms. The van der Waals surface area contributed by atoms with Gasteiger partial charge in [0.25, 0.3) is 0 Å². The molecule has 104 valence electrons. The Hall–Kier alpha value is -0.840. The van der Waals surface area contributed by atoms with Crippen LogP contribution in [0.15, 0.2) is 18.2 Å². The molecule has 1 aliphatic carbocycles. The Labute approximate surface area is 124 Å². The molecule has 0 atom stereocenters. The number of ether oxygens (including phenoxy) is 1. The van der Waals surface area contributed by atoms with Gasteiger partial charge < -0.3 is 15.8 Å². The summed E-state index contributed by atoms with van der Waals surface area (Å²) < 4.78 is 5.57. The van der Waals surface area contributed by atoms with Crippen LogP contribution in [0.1, 0.15) is 24.8 Å². The minimum atomic E-state index is 0.324. The van der Waals surface area contributed by atoms with Gasteiger partial charge >= 0.3 is 0 Å². The summed E-state index contributed by atoms with van der Waals surface area (Å²) >= 11 is 11.0. The van der Waals surface area contributed by atoms with Crippen molar-refractivity contribution in [3.63, 3.8) is 0 Å². The fourth-order valence-corrected chi connectivity index (χ4v) is 2.28. The van der Waals surface area contributed by atoms with Crippen LogP contribution >= 0.6 is 23.8 Å². The van der Waals surface area contributed by atoms with Gasteiger partial charge in [-0.2, -0.15) is 0 Å². The maximum absolute atomic E-state index is 6.10. The van der Waals surface area contributed by atoms with Crippen molar-refractivity contribution in [2.45, 2.75) is 19.3 Å². The second-order valence-corrected chi connectivity index (χ2v) is 5.70. The lowest BCUT2D eigenvalue weighted by Crippen LogP contribution is -2.11. The highest BCUT2D eigenvalue weighted by Gasteiger charge is 2.20. The molecule has 0 unspecified atom stereocenters. The van der Waals surface area contributed by atoms with E-state index in [4.69, 9.17) is 34.3 Å². The molecule has 0 amide bonds. The standard InChI is InChI=1S/C14H19ClN2OS/c15-13-8-11(4-5-12(13)14(16)19)17-6-1-7-18-9-10-2-3-10/h4-5,8,10,17H,1-3,6-7,9H2,(H2,16,19). The average Bonchev–Trinajstić information content (AvgIpc) is 3.17. The van der Waals surface area contributed by atoms with Crippen LogP contribution in [0.4, 0.5) is 5.69 Å². The van der Waals surface area contributed by atoms with Crippen molar-refractivity contribution < 1.29 is 4.74 Å². The van der Waals surface area contributed by atoms with Gasteiger partial charge in [-0.05, 0) is 43.4 Å². The monoisotopic (exact) mass is 298 g/mol. The van der Waals surface area contributed by atoms with Gasteiger partial charge in [0.2, 0.25) is 0 Å². The van der Waals surface area contributed by atoms with E-state index in [1.807, 2.05) is 18.2 Å². The van der Waals surface area contributed by atoms with Crippen molar-refractivity contribution in [3.8, 4) is 0 Å². The van der Waals surface area contributed by atoms with E-state index >= 15 is 0 Å². The zero-order valence-corrected chi connectivity index (χ0v) is 12.4. The number of nitrogens with two attached hydrogens (primary N) is 1. The molecular weight excluding hydrogens is 280 g/mol. The van der Waals surface area contributed by atoms with Gasteiger partial charge in [0.15, 0.2) is 0 Å². The number of hydrogen-bond acceptors (Lipinski definition) is 3. The maximum Gasteiger partial charge on any atom is 0.105 e. The zero-order valence-electron chi connectivity index (χ0n) is 10.8. The number of anilines is 1. The summed E-state index contributed by atoms with van der Waals surface area (Å²) in [5.41, 5.74) is 7.26. The molecule has 5 heteroatoms. The molecule has 3 nitrogen and oxygen atoms in total. The van der Waals surface area contributed by atoms with E-state index in [-0.39, 0.29) is 0 Å². The van der Waals surface area contributed by atoms with Crippen molar-refractivity contribution in [1.29, 1.82) is 0 Å². The molecule has 0 heterocycles. The van der Waals surface area contributed by atoms with Gasteiger partial charge in [-0.25, -0.2) is 0 Å². The zero-order chi connectivity index (χ0) is 13.7. The number of benzene rings is 1. The smallest absolute Gasteiger partial charge is 0.105 e. The second-order valence-electron chi connectivity index (χ2n) is 4.86. The number of nitrogens with one attached hydrogen (secondary N) is 1. The highest BCUT2D eigenvalue weighted by molar-refractivity contribution is 7.80. The molecule has 1 saturated carbocycles. The van der Waals surface area contributed by atoms with Gasteiger partial charge in [0.1, 0.15) is 4.99 Å².